The minimum absolute atomic E-state index is 0.936. The Morgan fingerprint density at radius 3 is 2.43 bits per heavy atom. The molecule has 0 spiro atoms. The maximum absolute atomic E-state index is 4.35. The van der Waals surface area contributed by atoms with Crippen LogP contribution in [0.25, 0.3) is 22.9 Å². The molecule has 2 N–H and O–H groups in total. The van der Waals surface area contributed by atoms with Crippen LogP contribution in [-0.2, 0) is 6.42 Å². The zero-order valence-electron chi connectivity index (χ0n) is 22.4. The fourth-order valence-electron chi connectivity index (χ4n) is 4.66. The first-order valence-electron chi connectivity index (χ1n) is 13.2. The largest absolute Gasteiger partial charge is 0.359 e. The molecule has 0 fully saturated rings. The van der Waals surface area contributed by atoms with Gasteiger partial charge >= 0.3 is 0 Å². The Hall–Kier alpha value is -4.04. The second-order valence-electron chi connectivity index (χ2n) is 9.82. The van der Waals surface area contributed by atoms with E-state index in [2.05, 4.69) is 136 Å². The molecule has 0 heterocycles. The summed E-state index contributed by atoms with van der Waals surface area (Å²) in [5, 5.41) is 6.90. The Morgan fingerprint density at radius 1 is 0.892 bits per heavy atom. The van der Waals surface area contributed by atoms with Gasteiger partial charge < -0.3 is 10.6 Å². The first kappa shape index (κ1) is 26.0. The molecule has 0 aliphatic heterocycles. The third-order valence-corrected chi connectivity index (χ3v) is 6.72. The lowest BCUT2D eigenvalue weighted by molar-refractivity contribution is 0.792. The van der Waals surface area contributed by atoms with Crippen molar-refractivity contribution < 1.29 is 0 Å². The topological polar surface area (TPSA) is 24.1 Å². The third kappa shape index (κ3) is 6.80. The smallest absolute Gasteiger partial charge is 0.0385 e. The van der Waals surface area contributed by atoms with Crippen LogP contribution in [-0.4, -0.2) is 0 Å². The lowest BCUT2D eigenvalue weighted by Crippen LogP contribution is -2.10. The van der Waals surface area contributed by atoms with Crippen molar-refractivity contribution in [2.75, 3.05) is 5.32 Å². The lowest BCUT2D eigenvalue weighted by atomic mass is 9.99. The Bertz CT molecular complexity index is 1370. The number of benzene rings is 3. The van der Waals surface area contributed by atoms with Crippen molar-refractivity contribution in [1.82, 2.24) is 5.32 Å². The van der Waals surface area contributed by atoms with Crippen LogP contribution in [0, 0.1) is 0 Å². The van der Waals surface area contributed by atoms with Gasteiger partial charge in [0.05, 0.1) is 0 Å². The quantitative estimate of drug-likeness (QED) is 0.206. The molecule has 1 aliphatic rings. The standard InChI is InChI=1S/C35H38N2/c1-6-7-11-26(3)37-31-22-20-29(21-23-31)19-17-25(2)16-18-27(4)36-28(5)32-14-10-15-34-33-13-9-8-12-30(33)24-35(32)34/h8-10,12-23,36-37H,3,5-7,11,24H2,1-2,4H3/b19-17+,25-16+,27-18+. The number of anilines is 1. The van der Waals surface area contributed by atoms with Gasteiger partial charge in [-0.25, -0.2) is 0 Å². The normalized spacial score (nSPS) is 12.8. The fourth-order valence-corrected chi connectivity index (χ4v) is 4.66. The molecule has 3 aromatic rings. The highest BCUT2D eigenvalue weighted by Crippen LogP contribution is 2.39. The maximum atomic E-state index is 4.35. The van der Waals surface area contributed by atoms with Gasteiger partial charge in [-0.05, 0) is 79.1 Å². The van der Waals surface area contributed by atoms with Gasteiger partial charge in [-0.1, -0.05) is 105 Å². The molecule has 0 bridgehead atoms. The van der Waals surface area contributed by atoms with E-state index in [1.54, 1.807) is 0 Å². The summed E-state index contributed by atoms with van der Waals surface area (Å²) in [4.78, 5) is 0. The number of nitrogens with one attached hydrogen (secondary N) is 2. The summed E-state index contributed by atoms with van der Waals surface area (Å²) in [6.07, 6.45) is 12.8. The van der Waals surface area contributed by atoms with Crippen molar-refractivity contribution in [3.63, 3.8) is 0 Å². The van der Waals surface area contributed by atoms with E-state index in [1.807, 2.05) is 0 Å². The first-order valence-corrected chi connectivity index (χ1v) is 13.2. The summed E-state index contributed by atoms with van der Waals surface area (Å²) >= 11 is 0. The number of allylic oxidation sites excluding steroid dienone is 6. The average molecular weight is 487 g/mol. The molecule has 1 aliphatic carbocycles. The van der Waals surface area contributed by atoms with Crippen LogP contribution in [0.5, 0.6) is 0 Å². The van der Waals surface area contributed by atoms with E-state index in [0.29, 0.717) is 0 Å². The Balaban J connectivity index is 1.35. The minimum Gasteiger partial charge on any atom is -0.359 e. The summed E-state index contributed by atoms with van der Waals surface area (Å²) in [7, 11) is 0. The molecule has 0 aromatic heterocycles. The number of rotatable bonds is 11. The van der Waals surface area contributed by atoms with E-state index in [9.17, 15) is 0 Å². The van der Waals surface area contributed by atoms with E-state index >= 15 is 0 Å². The van der Waals surface area contributed by atoms with Gasteiger partial charge in [0.2, 0.25) is 0 Å². The van der Waals surface area contributed by atoms with Crippen molar-refractivity contribution >= 4 is 17.5 Å². The van der Waals surface area contributed by atoms with Crippen LogP contribution >= 0.6 is 0 Å². The molecular formula is C35H38N2. The van der Waals surface area contributed by atoms with E-state index in [0.717, 1.165) is 35.6 Å². The van der Waals surface area contributed by atoms with Gasteiger partial charge in [-0.3, -0.25) is 0 Å². The van der Waals surface area contributed by atoms with Crippen LogP contribution in [0.3, 0.4) is 0 Å². The second-order valence-corrected chi connectivity index (χ2v) is 9.82. The summed E-state index contributed by atoms with van der Waals surface area (Å²) in [5.74, 6) is 0. The summed E-state index contributed by atoms with van der Waals surface area (Å²) in [6.45, 7) is 14.9. The molecule has 4 rings (SSSR count). The SMILES string of the molecule is C=C(CCCC)Nc1ccc(/C=C/C(C)=C/C=C(\C)NC(=C)c2cccc3c2Cc2ccccc2-3)cc1. The Morgan fingerprint density at radius 2 is 1.65 bits per heavy atom. The van der Waals surface area contributed by atoms with Gasteiger partial charge in [0.15, 0.2) is 0 Å². The molecule has 0 amide bonds. The number of fused-ring (bicyclic) bond motifs is 3. The van der Waals surface area contributed by atoms with Crippen molar-refractivity contribution in [3.8, 4) is 11.1 Å². The number of unbranched alkanes of at least 4 members (excludes halogenated alkanes) is 1. The Labute approximate surface area is 222 Å². The van der Waals surface area contributed by atoms with E-state index in [1.165, 1.54) is 51.8 Å². The third-order valence-electron chi connectivity index (χ3n) is 6.72. The van der Waals surface area contributed by atoms with Crippen LogP contribution in [0.1, 0.15) is 62.3 Å². The van der Waals surface area contributed by atoms with Crippen LogP contribution in [0.2, 0.25) is 0 Å². The molecule has 37 heavy (non-hydrogen) atoms. The number of hydrogen-bond acceptors (Lipinski definition) is 2. The van der Waals surface area contributed by atoms with Crippen LogP contribution < -0.4 is 10.6 Å². The van der Waals surface area contributed by atoms with Gasteiger partial charge in [-0.2, -0.15) is 0 Å². The molecule has 0 radical (unpaired) electrons. The molecule has 0 atom stereocenters. The highest BCUT2D eigenvalue weighted by molar-refractivity contribution is 5.82. The summed E-state index contributed by atoms with van der Waals surface area (Å²) in [6, 6.07) is 23.6. The highest BCUT2D eigenvalue weighted by Gasteiger charge is 2.21. The van der Waals surface area contributed by atoms with Crippen LogP contribution in [0.15, 0.2) is 115 Å². The van der Waals surface area contributed by atoms with Gasteiger partial charge in [0.25, 0.3) is 0 Å². The minimum atomic E-state index is 0.936. The molecule has 188 valence electrons. The van der Waals surface area contributed by atoms with Gasteiger partial charge in [0, 0.05) is 28.3 Å². The molecule has 0 saturated heterocycles. The van der Waals surface area contributed by atoms with E-state index < -0.39 is 0 Å². The number of hydrogen-bond donors (Lipinski definition) is 2. The van der Waals surface area contributed by atoms with Crippen molar-refractivity contribution in [2.24, 2.45) is 0 Å². The fraction of sp³-hybridized carbons (Fsp3) is 0.200. The molecule has 0 saturated carbocycles. The van der Waals surface area contributed by atoms with Crippen molar-refractivity contribution in [3.05, 3.63) is 137 Å². The zero-order chi connectivity index (χ0) is 26.2. The molecule has 2 heteroatoms. The average Bonchev–Trinajstić information content (AvgIpc) is 3.29. The molecule has 0 unspecified atom stereocenters. The summed E-state index contributed by atoms with van der Waals surface area (Å²) < 4.78 is 0. The zero-order valence-corrected chi connectivity index (χ0v) is 22.4. The lowest BCUT2D eigenvalue weighted by Gasteiger charge is -2.14. The van der Waals surface area contributed by atoms with E-state index in [4.69, 9.17) is 0 Å². The van der Waals surface area contributed by atoms with Gasteiger partial charge in [-0.15, -0.1) is 0 Å². The first-order chi connectivity index (χ1) is 17.9. The molecule has 2 nitrogen and oxygen atoms in total. The predicted molar refractivity (Wildman–Crippen MR) is 162 cm³/mol. The maximum Gasteiger partial charge on any atom is 0.0385 e. The second kappa shape index (κ2) is 12.3. The van der Waals surface area contributed by atoms with E-state index in [-0.39, 0.29) is 0 Å². The van der Waals surface area contributed by atoms with Gasteiger partial charge in [0.1, 0.15) is 0 Å². The van der Waals surface area contributed by atoms with Crippen LogP contribution in [0.4, 0.5) is 5.69 Å². The Kier molecular flexibility index (Phi) is 8.64. The van der Waals surface area contributed by atoms with Crippen molar-refractivity contribution in [1.29, 1.82) is 0 Å². The highest BCUT2D eigenvalue weighted by atomic mass is 14.9. The summed E-state index contributed by atoms with van der Waals surface area (Å²) in [5.41, 5.74) is 13.1. The molecular weight excluding hydrogens is 448 g/mol. The molecule has 3 aromatic carbocycles. The van der Waals surface area contributed by atoms with Crippen molar-refractivity contribution in [2.45, 2.75) is 46.5 Å². The monoisotopic (exact) mass is 486 g/mol. The predicted octanol–water partition coefficient (Wildman–Crippen LogP) is 9.50.